The largest absolute Gasteiger partial charge is 0.360 e. The molecule has 3 aromatic rings. The number of rotatable bonds is 9. The van der Waals surface area contributed by atoms with E-state index in [1.165, 1.54) is 0 Å². The second-order valence-corrected chi connectivity index (χ2v) is 15.7. The Morgan fingerprint density at radius 2 is 1.97 bits per heavy atom. The van der Waals surface area contributed by atoms with Crippen molar-refractivity contribution < 1.29 is 4.74 Å². The van der Waals surface area contributed by atoms with Crippen LogP contribution in [0.2, 0.25) is 0 Å². The van der Waals surface area contributed by atoms with Gasteiger partial charge in [-0.3, -0.25) is 9.58 Å². The number of piperidine rings is 1. The molecule has 5 heterocycles. The van der Waals surface area contributed by atoms with Crippen LogP contribution in [0.3, 0.4) is 0 Å². The predicted molar refractivity (Wildman–Crippen MR) is 148 cm³/mol. The van der Waals surface area contributed by atoms with Crippen molar-refractivity contribution >= 4 is 21.1 Å². The highest BCUT2D eigenvalue weighted by molar-refractivity contribution is 8.32. The number of likely N-dealkylation sites (tertiary alicyclic amines) is 1. The Morgan fingerprint density at radius 1 is 1.19 bits per heavy atom. The van der Waals surface area contributed by atoms with Crippen LogP contribution in [0.1, 0.15) is 24.8 Å². The minimum atomic E-state index is -0.602. The van der Waals surface area contributed by atoms with Crippen molar-refractivity contribution in [3.63, 3.8) is 0 Å². The van der Waals surface area contributed by atoms with E-state index in [4.69, 9.17) is 9.84 Å². The Balaban J connectivity index is 1.39. The molecular weight excluding hydrogens is 484 g/mol. The molecule has 0 aliphatic carbocycles. The van der Waals surface area contributed by atoms with Crippen molar-refractivity contribution in [2.24, 2.45) is 0 Å². The van der Waals surface area contributed by atoms with Crippen molar-refractivity contribution in [2.75, 3.05) is 57.3 Å². The standard InChI is InChI=1S/C27H36N8OS/c1-37(2,3)13-12-36-20-33-11-6-24-25(21(14-29)15-31-26(24)33)22-16-32-35(17-22)27(7-8-28)18-34(19-27)23-4-9-30-10-5-23/h6,11,15-17,23,30H,4-5,7,9-10,12-13,18-20H2,1-3H3. The lowest BCUT2D eigenvalue weighted by atomic mass is 9.84. The van der Waals surface area contributed by atoms with Gasteiger partial charge in [0, 0.05) is 60.0 Å². The molecular formula is C27H36N8OS. The van der Waals surface area contributed by atoms with Crippen LogP contribution in [0.4, 0.5) is 0 Å². The van der Waals surface area contributed by atoms with Gasteiger partial charge in [-0.05, 0) is 50.8 Å². The minimum absolute atomic E-state index is 0.328. The molecule has 2 aliphatic heterocycles. The van der Waals surface area contributed by atoms with Crippen LogP contribution < -0.4 is 5.32 Å². The SMILES string of the molecule is CS(C)(C)CCOCn1ccc2c(-c3cnn(C4(CC#N)CN(C5CCNCC5)C4)c3)c(C#N)cnc21. The van der Waals surface area contributed by atoms with E-state index in [-0.39, 0.29) is 5.54 Å². The van der Waals surface area contributed by atoms with E-state index in [0.29, 0.717) is 31.4 Å². The Bertz CT molecular complexity index is 1330. The zero-order valence-electron chi connectivity index (χ0n) is 22.0. The van der Waals surface area contributed by atoms with Crippen molar-refractivity contribution in [2.45, 2.75) is 37.6 Å². The lowest BCUT2D eigenvalue weighted by Crippen LogP contribution is -2.66. The summed E-state index contributed by atoms with van der Waals surface area (Å²) < 4.78 is 9.90. The highest BCUT2D eigenvalue weighted by Gasteiger charge is 2.47. The molecule has 1 N–H and O–H groups in total. The summed E-state index contributed by atoms with van der Waals surface area (Å²) >= 11 is 0. The number of fused-ring (bicyclic) bond motifs is 1. The van der Waals surface area contributed by atoms with Gasteiger partial charge in [0.15, 0.2) is 0 Å². The molecule has 2 saturated heterocycles. The molecule has 2 aliphatic rings. The fourth-order valence-corrected chi connectivity index (χ4v) is 6.06. The minimum Gasteiger partial charge on any atom is -0.360 e. The molecule has 0 atom stereocenters. The molecule has 0 radical (unpaired) electrons. The van der Waals surface area contributed by atoms with Crippen LogP contribution in [-0.4, -0.2) is 87.6 Å². The maximum atomic E-state index is 9.88. The van der Waals surface area contributed by atoms with Crippen LogP contribution in [0, 0.1) is 22.7 Å². The number of aromatic nitrogens is 4. The van der Waals surface area contributed by atoms with Gasteiger partial charge >= 0.3 is 0 Å². The number of pyridine rings is 1. The van der Waals surface area contributed by atoms with Gasteiger partial charge in [0.2, 0.25) is 0 Å². The third-order valence-corrected chi connectivity index (χ3v) is 8.96. The highest BCUT2D eigenvalue weighted by atomic mass is 32.3. The van der Waals surface area contributed by atoms with Gasteiger partial charge in [0.05, 0.1) is 30.9 Å². The Hall–Kier alpha value is -2.89. The summed E-state index contributed by atoms with van der Waals surface area (Å²) in [7, 11) is -0.602. The second kappa shape index (κ2) is 10.5. The third-order valence-electron chi connectivity index (χ3n) is 7.56. The Kier molecular flexibility index (Phi) is 7.28. The van der Waals surface area contributed by atoms with Gasteiger partial charge in [-0.1, -0.05) is 0 Å². The first-order valence-electron chi connectivity index (χ1n) is 12.8. The summed E-state index contributed by atoms with van der Waals surface area (Å²) in [5.74, 6) is 1.06. The normalized spacial score (nSPS) is 18.8. The van der Waals surface area contributed by atoms with E-state index < -0.39 is 10.0 Å². The number of hydrogen-bond acceptors (Lipinski definition) is 7. The fourth-order valence-electron chi connectivity index (χ4n) is 5.45. The zero-order chi connectivity index (χ0) is 26.0. The number of nitrogens with one attached hydrogen (secondary N) is 1. The monoisotopic (exact) mass is 520 g/mol. The molecule has 0 amide bonds. The fraction of sp³-hybridized carbons (Fsp3) is 0.556. The van der Waals surface area contributed by atoms with E-state index in [9.17, 15) is 10.5 Å². The molecule has 196 valence electrons. The van der Waals surface area contributed by atoms with Gasteiger partial charge in [-0.15, -0.1) is 0 Å². The van der Waals surface area contributed by atoms with Gasteiger partial charge in [-0.25, -0.2) is 15.0 Å². The molecule has 10 heteroatoms. The first-order valence-corrected chi connectivity index (χ1v) is 15.9. The van der Waals surface area contributed by atoms with E-state index in [0.717, 1.165) is 66.9 Å². The van der Waals surface area contributed by atoms with Crippen LogP contribution in [0.15, 0.2) is 30.9 Å². The molecule has 5 rings (SSSR count). The lowest BCUT2D eigenvalue weighted by Gasteiger charge is -2.53. The van der Waals surface area contributed by atoms with Gasteiger partial charge in [0.1, 0.15) is 24.0 Å². The molecule has 3 aromatic heterocycles. The summed E-state index contributed by atoms with van der Waals surface area (Å²) in [5.41, 5.74) is 2.68. The number of ether oxygens (including phenoxy) is 1. The van der Waals surface area contributed by atoms with Gasteiger partial charge < -0.3 is 14.6 Å². The highest BCUT2D eigenvalue weighted by Crippen LogP contribution is 2.38. The summed E-state index contributed by atoms with van der Waals surface area (Å²) in [6.07, 6.45) is 17.0. The lowest BCUT2D eigenvalue weighted by molar-refractivity contribution is -0.0339. The quantitative estimate of drug-likeness (QED) is 0.432. The third kappa shape index (κ3) is 5.25. The smallest absolute Gasteiger partial charge is 0.142 e. The topological polar surface area (TPSA) is 108 Å². The Labute approximate surface area is 220 Å². The van der Waals surface area contributed by atoms with Crippen LogP contribution in [0.5, 0.6) is 0 Å². The zero-order valence-corrected chi connectivity index (χ0v) is 22.8. The predicted octanol–water partition coefficient (Wildman–Crippen LogP) is 3.12. The molecule has 0 bridgehead atoms. The molecule has 0 unspecified atom stereocenters. The van der Waals surface area contributed by atoms with E-state index in [1.807, 2.05) is 33.9 Å². The molecule has 37 heavy (non-hydrogen) atoms. The maximum Gasteiger partial charge on any atom is 0.142 e. The number of nitrogens with zero attached hydrogens (tertiary/aromatic N) is 7. The molecule has 2 fully saturated rings. The van der Waals surface area contributed by atoms with Crippen molar-refractivity contribution in [1.29, 1.82) is 10.5 Å². The summed E-state index contributed by atoms with van der Waals surface area (Å²) in [6.45, 7) is 4.89. The van der Waals surface area contributed by atoms with Crippen LogP contribution in [0.25, 0.3) is 22.2 Å². The summed E-state index contributed by atoms with van der Waals surface area (Å²) in [4.78, 5) is 7.08. The van der Waals surface area contributed by atoms with Gasteiger partial charge in [0.25, 0.3) is 0 Å². The van der Waals surface area contributed by atoms with Crippen molar-refractivity contribution in [1.82, 2.24) is 29.5 Å². The molecule has 9 nitrogen and oxygen atoms in total. The van der Waals surface area contributed by atoms with Gasteiger partial charge in [-0.2, -0.15) is 15.6 Å². The average molecular weight is 521 g/mol. The molecule has 0 spiro atoms. The van der Waals surface area contributed by atoms with E-state index in [2.05, 4.69) is 46.1 Å². The maximum absolute atomic E-state index is 9.88. The number of hydrogen-bond donors (Lipinski definition) is 1. The van der Waals surface area contributed by atoms with E-state index in [1.54, 1.807) is 6.20 Å². The second-order valence-electron chi connectivity index (χ2n) is 11.1. The first kappa shape index (κ1) is 25.7. The first-order chi connectivity index (χ1) is 17.8. The summed E-state index contributed by atoms with van der Waals surface area (Å²) in [6, 6.07) is 7.28. The van der Waals surface area contributed by atoms with Crippen LogP contribution >= 0.6 is 10.0 Å². The average Bonchev–Trinajstić information content (AvgIpc) is 3.51. The van der Waals surface area contributed by atoms with Crippen molar-refractivity contribution in [3.05, 3.63) is 36.4 Å². The molecule has 0 saturated carbocycles. The Morgan fingerprint density at radius 3 is 2.68 bits per heavy atom. The van der Waals surface area contributed by atoms with Crippen LogP contribution in [-0.2, 0) is 17.0 Å². The molecule has 0 aromatic carbocycles. The van der Waals surface area contributed by atoms with E-state index >= 15 is 0 Å². The summed E-state index contributed by atoms with van der Waals surface area (Å²) in [5, 5.41) is 28.6. The van der Waals surface area contributed by atoms with Crippen molar-refractivity contribution in [3.8, 4) is 23.3 Å². The number of nitriles is 2.